The van der Waals surface area contributed by atoms with Gasteiger partial charge in [-0.3, -0.25) is 14.4 Å². The fourth-order valence-corrected chi connectivity index (χ4v) is 3.78. The van der Waals surface area contributed by atoms with Gasteiger partial charge in [-0.1, -0.05) is 45.0 Å². The first-order valence-corrected chi connectivity index (χ1v) is 10.6. The highest BCUT2D eigenvalue weighted by atomic mass is 16.3. The summed E-state index contributed by atoms with van der Waals surface area (Å²) in [5.74, 6) is -0.388. The second-order valence-electron chi connectivity index (χ2n) is 9.18. The minimum absolute atomic E-state index is 0.0506. The highest BCUT2D eigenvalue weighted by Crippen LogP contribution is 2.26. The second kappa shape index (κ2) is 9.52. The van der Waals surface area contributed by atoms with E-state index in [1.165, 1.54) is 18.2 Å². The maximum Gasteiger partial charge on any atom is 0.246 e. The molecule has 0 aliphatic carbocycles. The monoisotopic (exact) mass is 442 g/mol. The summed E-state index contributed by atoms with van der Waals surface area (Å²) in [7, 11) is 0. The zero-order valence-corrected chi connectivity index (χ0v) is 18.8. The van der Waals surface area contributed by atoms with Crippen molar-refractivity contribution in [2.24, 2.45) is 5.41 Å². The molecule has 3 rings (SSSR count). The van der Waals surface area contributed by atoms with Gasteiger partial charge in [0, 0.05) is 32.0 Å². The number of aromatic nitrogens is 1. The molecule has 3 N–H and O–H groups in total. The molecule has 1 fully saturated rings. The van der Waals surface area contributed by atoms with E-state index in [1.54, 1.807) is 6.20 Å². The molecule has 2 aromatic rings. The van der Waals surface area contributed by atoms with Gasteiger partial charge in [0.05, 0.1) is 12.3 Å². The van der Waals surface area contributed by atoms with E-state index >= 15 is 0 Å². The first-order valence-electron chi connectivity index (χ1n) is 10.6. The number of carbonyl (C=O) groups excluding carboxylic acids is 3. The minimum atomic E-state index is -0.802. The molecule has 9 nitrogen and oxygen atoms in total. The lowest BCUT2D eigenvalue weighted by atomic mass is 9.85. The quantitative estimate of drug-likeness (QED) is 0.622. The van der Waals surface area contributed by atoms with Crippen molar-refractivity contribution in [3.05, 3.63) is 42.4 Å². The molecule has 0 bridgehead atoms. The van der Waals surface area contributed by atoms with Crippen LogP contribution >= 0.6 is 0 Å². The Morgan fingerprint density at radius 3 is 2.50 bits per heavy atom. The second-order valence-corrected chi connectivity index (χ2v) is 9.18. The summed E-state index contributed by atoms with van der Waals surface area (Å²) in [6, 6.07) is 5.89. The Hall–Kier alpha value is -3.20. The van der Waals surface area contributed by atoms with Gasteiger partial charge < -0.3 is 25.1 Å². The summed E-state index contributed by atoms with van der Waals surface area (Å²) in [6.45, 7) is 7.21. The zero-order valence-electron chi connectivity index (χ0n) is 18.8. The lowest BCUT2D eigenvalue weighted by molar-refractivity contribution is -0.143. The summed E-state index contributed by atoms with van der Waals surface area (Å²) < 4.78 is 5.27. The van der Waals surface area contributed by atoms with Gasteiger partial charge in [0.25, 0.3) is 0 Å². The van der Waals surface area contributed by atoms with Crippen LogP contribution in [0.5, 0.6) is 0 Å². The van der Waals surface area contributed by atoms with E-state index in [0.717, 1.165) is 11.1 Å². The minimum Gasteiger partial charge on any atom is -0.444 e. The summed E-state index contributed by atoms with van der Waals surface area (Å²) in [6.07, 6.45) is 2.34. The summed E-state index contributed by atoms with van der Waals surface area (Å²) in [5.41, 5.74) is 1.20. The summed E-state index contributed by atoms with van der Waals surface area (Å²) >= 11 is 0. The predicted molar refractivity (Wildman–Crippen MR) is 117 cm³/mol. The highest BCUT2D eigenvalue weighted by Gasteiger charge is 2.44. The van der Waals surface area contributed by atoms with E-state index < -0.39 is 23.6 Å². The first kappa shape index (κ1) is 23.5. The SMILES string of the molecule is CC(=O)N[C@H](C(=O)N1C[C@H](O)CC1C(=O)NCc1ccc(-c2cnco2)cc1)C(C)(C)C. The molecule has 2 heterocycles. The molecule has 32 heavy (non-hydrogen) atoms. The number of aliphatic hydroxyl groups is 1. The van der Waals surface area contributed by atoms with Crippen LogP contribution in [0, 0.1) is 5.41 Å². The van der Waals surface area contributed by atoms with E-state index in [4.69, 9.17) is 4.42 Å². The molecule has 1 unspecified atom stereocenters. The molecular formula is C23H30N4O5. The molecule has 1 aliphatic rings. The lowest BCUT2D eigenvalue weighted by Gasteiger charge is -2.35. The Kier molecular flexibility index (Phi) is 6.98. The average molecular weight is 443 g/mol. The Balaban J connectivity index is 1.66. The number of carbonyl (C=O) groups is 3. The average Bonchev–Trinajstić information content (AvgIpc) is 3.39. The summed E-state index contributed by atoms with van der Waals surface area (Å²) in [4.78, 5) is 43.0. The number of amides is 3. The third-order valence-corrected chi connectivity index (χ3v) is 5.46. The van der Waals surface area contributed by atoms with Gasteiger partial charge in [-0.2, -0.15) is 0 Å². The smallest absolute Gasteiger partial charge is 0.246 e. The number of rotatable bonds is 6. The van der Waals surface area contributed by atoms with Crippen LogP contribution in [0.25, 0.3) is 11.3 Å². The van der Waals surface area contributed by atoms with E-state index in [-0.39, 0.29) is 37.2 Å². The van der Waals surface area contributed by atoms with Crippen molar-refractivity contribution in [1.82, 2.24) is 20.5 Å². The van der Waals surface area contributed by atoms with Gasteiger partial charge in [-0.25, -0.2) is 4.98 Å². The largest absolute Gasteiger partial charge is 0.444 e. The van der Waals surface area contributed by atoms with Crippen molar-refractivity contribution < 1.29 is 23.9 Å². The maximum atomic E-state index is 13.2. The number of nitrogens with zero attached hydrogens (tertiary/aromatic N) is 2. The molecule has 1 aromatic carbocycles. The molecule has 9 heteroatoms. The van der Waals surface area contributed by atoms with E-state index in [1.807, 2.05) is 45.0 Å². The number of aliphatic hydroxyl groups excluding tert-OH is 1. The normalized spacial score (nSPS) is 19.5. The number of benzene rings is 1. The molecule has 1 saturated heterocycles. The van der Waals surface area contributed by atoms with Crippen LogP contribution in [0.4, 0.5) is 0 Å². The van der Waals surface area contributed by atoms with Crippen LogP contribution in [0.1, 0.15) is 39.7 Å². The van der Waals surface area contributed by atoms with E-state index in [0.29, 0.717) is 5.76 Å². The maximum absolute atomic E-state index is 13.2. The van der Waals surface area contributed by atoms with Gasteiger partial charge in [0.15, 0.2) is 12.2 Å². The van der Waals surface area contributed by atoms with Crippen LogP contribution in [-0.4, -0.2) is 57.4 Å². The van der Waals surface area contributed by atoms with Crippen LogP contribution in [-0.2, 0) is 20.9 Å². The summed E-state index contributed by atoms with van der Waals surface area (Å²) in [5, 5.41) is 15.7. The third kappa shape index (κ3) is 5.53. The van der Waals surface area contributed by atoms with Gasteiger partial charge in [-0.05, 0) is 11.0 Å². The van der Waals surface area contributed by atoms with Gasteiger partial charge in [0.1, 0.15) is 12.1 Å². The molecule has 0 radical (unpaired) electrons. The molecular weight excluding hydrogens is 412 g/mol. The topological polar surface area (TPSA) is 125 Å². The lowest BCUT2D eigenvalue weighted by Crippen LogP contribution is -2.57. The standard InChI is InChI=1S/C23H30N4O5/c1-14(28)26-20(23(2,3)4)22(31)27-12-17(29)9-18(27)21(30)25-10-15-5-7-16(8-6-15)19-11-24-13-32-19/h5-8,11,13,17-18,20,29H,9-10,12H2,1-4H3,(H,25,30)(H,26,28)/t17-,18?,20-/m1/s1. The van der Waals surface area contributed by atoms with Crippen LogP contribution in [0.15, 0.2) is 41.3 Å². The van der Waals surface area contributed by atoms with Crippen molar-refractivity contribution in [1.29, 1.82) is 0 Å². The number of nitrogens with one attached hydrogen (secondary N) is 2. The molecule has 172 valence electrons. The number of β-amino-alcohol motifs (C(OH)–C–C–N with tert-alkyl or cyclic N) is 1. The van der Waals surface area contributed by atoms with E-state index in [9.17, 15) is 19.5 Å². The van der Waals surface area contributed by atoms with Gasteiger partial charge >= 0.3 is 0 Å². The van der Waals surface area contributed by atoms with Crippen molar-refractivity contribution in [2.45, 2.75) is 58.8 Å². The number of hydrogen-bond acceptors (Lipinski definition) is 6. The Morgan fingerprint density at radius 1 is 1.25 bits per heavy atom. The highest BCUT2D eigenvalue weighted by molar-refractivity contribution is 5.92. The van der Waals surface area contributed by atoms with Crippen LogP contribution in [0.3, 0.4) is 0 Å². The molecule has 3 atom stereocenters. The van der Waals surface area contributed by atoms with Crippen LogP contribution < -0.4 is 10.6 Å². The number of hydrogen-bond donors (Lipinski definition) is 3. The Labute approximate surface area is 187 Å². The molecule has 1 aromatic heterocycles. The number of likely N-dealkylation sites (tertiary alicyclic amines) is 1. The Bertz CT molecular complexity index is 950. The van der Waals surface area contributed by atoms with Crippen molar-refractivity contribution in [3.63, 3.8) is 0 Å². The molecule has 1 aliphatic heterocycles. The predicted octanol–water partition coefficient (Wildman–Crippen LogP) is 1.47. The zero-order chi connectivity index (χ0) is 23.5. The van der Waals surface area contributed by atoms with Crippen molar-refractivity contribution in [2.75, 3.05) is 6.54 Å². The van der Waals surface area contributed by atoms with Crippen molar-refractivity contribution >= 4 is 17.7 Å². The Morgan fingerprint density at radius 2 is 1.94 bits per heavy atom. The van der Waals surface area contributed by atoms with Crippen molar-refractivity contribution in [3.8, 4) is 11.3 Å². The third-order valence-electron chi connectivity index (χ3n) is 5.46. The fraction of sp³-hybridized carbons (Fsp3) is 0.478. The van der Waals surface area contributed by atoms with Crippen LogP contribution in [0.2, 0.25) is 0 Å². The fourth-order valence-electron chi connectivity index (χ4n) is 3.78. The van der Waals surface area contributed by atoms with Gasteiger partial charge in [0.2, 0.25) is 17.7 Å². The number of oxazole rings is 1. The van der Waals surface area contributed by atoms with E-state index in [2.05, 4.69) is 15.6 Å². The molecule has 0 spiro atoms. The van der Waals surface area contributed by atoms with Gasteiger partial charge in [-0.15, -0.1) is 0 Å². The molecule has 3 amide bonds. The first-order chi connectivity index (χ1) is 15.1. The molecule has 0 saturated carbocycles.